The predicted molar refractivity (Wildman–Crippen MR) is 47.4 cm³/mol. The molecule has 1 amide bonds. The van der Waals surface area contributed by atoms with Gasteiger partial charge in [0.1, 0.15) is 24.5 Å². The van der Waals surface area contributed by atoms with E-state index >= 15 is 0 Å². The first kappa shape index (κ1) is 13.0. The largest absolute Gasteiger partial charge is 0.391 e. The van der Waals surface area contributed by atoms with Crippen molar-refractivity contribution in [1.29, 1.82) is 0 Å². The van der Waals surface area contributed by atoms with Crippen LogP contribution in [-0.4, -0.2) is 51.9 Å². The van der Waals surface area contributed by atoms with E-state index in [-0.39, 0.29) is 0 Å². The Kier molecular flexibility index (Phi) is 5.29. The molecule has 0 aromatic heterocycles. The molecule has 0 aromatic rings. The van der Waals surface area contributed by atoms with Crippen LogP contribution < -0.4 is 5.32 Å². The monoisotopic (exact) mass is 205 g/mol. The molecule has 0 aliphatic rings. The van der Waals surface area contributed by atoms with Crippen molar-refractivity contribution in [3.63, 3.8) is 0 Å². The van der Waals surface area contributed by atoms with E-state index in [0.29, 0.717) is 6.29 Å². The molecule has 0 bridgehead atoms. The smallest absolute Gasteiger partial charge is 0.217 e. The lowest BCUT2D eigenvalue weighted by molar-refractivity contribution is -0.128. The molecule has 0 unspecified atom stereocenters. The molecule has 4 atom stereocenters. The first-order valence-corrected chi connectivity index (χ1v) is 4.16. The Labute approximate surface area is 81.5 Å². The van der Waals surface area contributed by atoms with Gasteiger partial charge in [0.2, 0.25) is 5.91 Å². The molecule has 0 saturated carbocycles. The van der Waals surface area contributed by atoms with E-state index in [0.717, 1.165) is 0 Å². The van der Waals surface area contributed by atoms with Crippen LogP contribution in [0.4, 0.5) is 0 Å². The van der Waals surface area contributed by atoms with Crippen LogP contribution in [0.5, 0.6) is 0 Å². The number of aldehydes is 1. The molecular formula is C8H15NO5. The summed E-state index contributed by atoms with van der Waals surface area (Å²) in [4.78, 5) is 21.0. The third kappa shape index (κ3) is 3.82. The third-order valence-corrected chi connectivity index (χ3v) is 1.73. The number of amides is 1. The Morgan fingerprint density at radius 3 is 2.07 bits per heavy atom. The van der Waals surface area contributed by atoms with Crippen LogP contribution in [-0.2, 0) is 9.59 Å². The van der Waals surface area contributed by atoms with Gasteiger partial charge in [0.15, 0.2) is 0 Å². The van der Waals surface area contributed by atoms with E-state index in [1.807, 2.05) is 0 Å². The summed E-state index contributed by atoms with van der Waals surface area (Å²) in [6.45, 7) is 2.45. The molecule has 0 rings (SSSR count). The average Bonchev–Trinajstić information content (AvgIpc) is 2.11. The fourth-order valence-corrected chi connectivity index (χ4v) is 0.932. The Balaban J connectivity index is 4.36. The molecule has 6 nitrogen and oxygen atoms in total. The Morgan fingerprint density at radius 2 is 1.79 bits per heavy atom. The van der Waals surface area contributed by atoms with Gasteiger partial charge in [-0.05, 0) is 6.92 Å². The summed E-state index contributed by atoms with van der Waals surface area (Å²) < 4.78 is 0. The quantitative estimate of drug-likeness (QED) is 0.381. The number of hydrogen-bond acceptors (Lipinski definition) is 5. The van der Waals surface area contributed by atoms with Crippen LogP contribution in [0.1, 0.15) is 13.8 Å². The Hall–Kier alpha value is -0.980. The predicted octanol–water partition coefficient (Wildman–Crippen LogP) is -2.21. The van der Waals surface area contributed by atoms with Crippen molar-refractivity contribution >= 4 is 12.2 Å². The van der Waals surface area contributed by atoms with E-state index in [2.05, 4.69) is 5.32 Å². The highest BCUT2D eigenvalue weighted by molar-refractivity contribution is 5.77. The first-order chi connectivity index (χ1) is 6.40. The number of aliphatic hydroxyl groups excluding tert-OH is 3. The SMILES string of the molecule is CC(=O)N[C@H](C=O)[C@H](O)[C@@H](O)[C@H](C)O. The van der Waals surface area contributed by atoms with Crippen LogP contribution in [0, 0.1) is 0 Å². The summed E-state index contributed by atoms with van der Waals surface area (Å²) in [6.07, 6.45) is -3.87. The van der Waals surface area contributed by atoms with Gasteiger partial charge in [0.05, 0.1) is 6.10 Å². The van der Waals surface area contributed by atoms with Gasteiger partial charge in [0, 0.05) is 6.92 Å². The molecular weight excluding hydrogens is 190 g/mol. The molecule has 0 aliphatic heterocycles. The van der Waals surface area contributed by atoms with Crippen molar-refractivity contribution in [2.75, 3.05) is 0 Å². The maximum atomic E-state index is 10.6. The third-order valence-electron chi connectivity index (χ3n) is 1.73. The molecule has 0 fully saturated rings. The lowest BCUT2D eigenvalue weighted by atomic mass is 10.0. The minimum atomic E-state index is -1.52. The lowest BCUT2D eigenvalue weighted by Crippen LogP contribution is -2.51. The lowest BCUT2D eigenvalue weighted by Gasteiger charge is -2.24. The highest BCUT2D eigenvalue weighted by atomic mass is 16.4. The minimum Gasteiger partial charge on any atom is -0.391 e. The fourth-order valence-electron chi connectivity index (χ4n) is 0.932. The highest BCUT2D eigenvalue weighted by Crippen LogP contribution is 2.03. The molecule has 14 heavy (non-hydrogen) atoms. The average molecular weight is 205 g/mol. The summed E-state index contributed by atoms with van der Waals surface area (Å²) in [6, 6.07) is -1.21. The molecule has 82 valence electrons. The normalized spacial score (nSPS) is 19.2. The number of aliphatic hydroxyl groups is 3. The Morgan fingerprint density at radius 1 is 1.29 bits per heavy atom. The number of carbonyl (C=O) groups is 2. The second kappa shape index (κ2) is 5.69. The molecule has 0 heterocycles. The summed E-state index contributed by atoms with van der Waals surface area (Å²) in [5.74, 6) is -0.501. The minimum absolute atomic E-state index is 0.303. The standard InChI is InChI=1S/C8H15NO5/c1-4(11)7(13)8(14)6(3-10)9-5(2)12/h3-4,6-8,11,13-14H,1-2H3,(H,9,12)/t4-,6+,7-,8-/m0/s1. The van der Waals surface area contributed by atoms with Crippen molar-refractivity contribution in [1.82, 2.24) is 5.32 Å². The van der Waals surface area contributed by atoms with Crippen LogP contribution in [0.2, 0.25) is 0 Å². The zero-order valence-corrected chi connectivity index (χ0v) is 8.04. The molecule has 4 N–H and O–H groups in total. The number of nitrogens with one attached hydrogen (secondary N) is 1. The maximum absolute atomic E-state index is 10.6. The summed E-state index contributed by atoms with van der Waals surface area (Å²) in [5.41, 5.74) is 0. The number of rotatable bonds is 5. The molecule has 0 spiro atoms. The van der Waals surface area contributed by atoms with Gasteiger partial charge >= 0.3 is 0 Å². The summed E-state index contributed by atoms with van der Waals surface area (Å²) >= 11 is 0. The van der Waals surface area contributed by atoms with Gasteiger partial charge in [0.25, 0.3) is 0 Å². The zero-order chi connectivity index (χ0) is 11.3. The zero-order valence-electron chi connectivity index (χ0n) is 8.04. The van der Waals surface area contributed by atoms with Crippen LogP contribution in [0.3, 0.4) is 0 Å². The number of hydrogen-bond donors (Lipinski definition) is 4. The van der Waals surface area contributed by atoms with Crippen LogP contribution in [0.15, 0.2) is 0 Å². The topological polar surface area (TPSA) is 107 Å². The van der Waals surface area contributed by atoms with Crippen molar-refractivity contribution < 1.29 is 24.9 Å². The van der Waals surface area contributed by atoms with Gasteiger partial charge in [-0.2, -0.15) is 0 Å². The van der Waals surface area contributed by atoms with E-state index in [1.165, 1.54) is 13.8 Å². The molecule has 0 saturated heterocycles. The van der Waals surface area contributed by atoms with E-state index in [9.17, 15) is 19.8 Å². The highest BCUT2D eigenvalue weighted by Gasteiger charge is 2.29. The van der Waals surface area contributed by atoms with Crippen LogP contribution in [0.25, 0.3) is 0 Å². The number of carbonyl (C=O) groups excluding carboxylic acids is 2. The van der Waals surface area contributed by atoms with E-state index < -0.39 is 30.3 Å². The fraction of sp³-hybridized carbons (Fsp3) is 0.750. The molecule has 0 radical (unpaired) electrons. The van der Waals surface area contributed by atoms with Crippen LogP contribution >= 0.6 is 0 Å². The van der Waals surface area contributed by atoms with Crippen molar-refractivity contribution in [3.05, 3.63) is 0 Å². The van der Waals surface area contributed by atoms with Crippen molar-refractivity contribution in [2.24, 2.45) is 0 Å². The van der Waals surface area contributed by atoms with Crippen molar-refractivity contribution in [3.8, 4) is 0 Å². The van der Waals surface area contributed by atoms with Gasteiger partial charge < -0.3 is 25.4 Å². The second-order valence-corrected chi connectivity index (χ2v) is 3.08. The van der Waals surface area contributed by atoms with Gasteiger partial charge in [-0.15, -0.1) is 0 Å². The molecule has 0 aromatic carbocycles. The first-order valence-electron chi connectivity index (χ1n) is 4.16. The van der Waals surface area contributed by atoms with Crippen molar-refractivity contribution in [2.45, 2.75) is 38.2 Å². The summed E-state index contributed by atoms with van der Waals surface area (Å²) in [5, 5.41) is 29.6. The van der Waals surface area contributed by atoms with Gasteiger partial charge in [-0.3, -0.25) is 4.79 Å². The second-order valence-electron chi connectivity index (χ2n) is 3.08. The van der Waals surface area contributed by atoms with E-state index in [1.54, 1.807) is 0 Å². The summed E-state index contributed by atoms with van der Waals surface area (Å²) in [7, 11) is 0. The van der Waals surface area contributed by atoms with E-state index in [4.69, 9.17) is 5.11 Å². The molecule has 0 aliphatic carbocycles. The maximum Gasteiger partial charge on any atom is 0.217 e. The van der Waals surface area contributed by atoms with Gasteiger partial charge in [-0.1, -0.05) is 0 Å². The molecule has 6 heteroatoms. The van der Waals surface area contributed by atoms with Gasteiger partial charge in [-0.25, -0.2) is 0 Å². The Bertz CT molecular complexity index is 206.